The van der Waals surface area contributed by atoms with Crippen LogP contribution >= 0.6 is 0 Å². The third-order valence-corrected chi connectivity index (χ3v) is 2.38. The average Bonchev–Trinajstić information content (AvgIpc) is 2.35. The van der Waals surface area contributed by atoms with Crippen molar-refractivity contribution in [1.82, 2.24) is 0 Å². The maximum Gasteiger partial charge on any atom is 0.335 e. The summed E-state index contributed by atoms with van der Waals surface area (Å²) in [4.78, 5) is 21.7. The van der Waals surface area contributed by atoms with Crippen LogP contribution in [0, 0.1) is 5.92 Å². The van der Waals surface area contributed by atoms with E-state index in [1.807, 2.05) is 6.92 Å². The second-order valence-electron chi connectivity index (χ2n) is 5.44. The number of ether oxygens (including phenoxy) is 3. The van der Waals surface area contributed by atoms with Crippen LogP contribution in [0.1, 0.15) is 34.1 Å². The molecule has 0 radical (unpaired) electrons. The van der Waals surface area contributed by atoms with Crippen LogP contribution in [0.2, 0.25) is 0 Å². The Labute approximate surface area is 125 Å². The van der Waals surface area contributed by atoms with Crippen LogP contribution in [0.3, 0.4) is 0 Å². The lowest BCUT2D eigenvalue weighted by Crippen LogP contribution is -2.32. The van der Waals surface area contributed by atoms with Gasteiger partial charge in [0.2, 0.25) is 0 Å². The molecule has 124 valence electrons. The first kappa shape index (κ1) is 19.8. The van der Waals surface area contributed by atoms with Gasteiger partial charge in [-0.3, -0.25) is 4.79 Å². The summed E-state index contributed by atoms with van der Waals surface area (Å²) in [6.45, 7) is 8.80. The van der Waals surface area contributed by atoms with E-state index in [0.717, 1.165) is 0 Å². The molecule has 0 aliphatic carbocycles. The molecule has 0 aromatic heterocycles. The lowest BCUT2D eigenvalue weighted by Gasteiger charge is -2.19. The molecule has 0 amide bonds. The van der Waals surface area contributed by atoms with Crippen LogP contribution in [0.5, 0.6) is 0 Å². The van der Waals surface area contributed by atoms with Crippen LogP contribution in [0.25, 0.3) is 0 Å². The number of carbonyl (C=O) groups excluding carboxylic acids is 1. The highest BCUT2D eigenvalue weighted by Crippen LogP contribution is 2.03. The second kappa shape index (κ2) is 10.5. The van der Waals surface area contributed by atoms with E-state index >= 15 is 0 Å². The fourth-order valence-electron chi connectivity index (χ4n) is 1.38. The van der Waals surface area contributed by atoms with Crippen molar-refractivity contribution in [1.29, 1.82) is 0 Å². The third-order valence-electron chi connectivity index (χ3n) is 2.38. The molecule has 7 nitrogen and oxygen atoms in total. The quantitative estimate of drug-likeness (QED) is 0.545. The summed E-state index contributed by atoms with van der Waals surface area (Å²) >= 11 is 0. The third kappa shape index (κ3) is 11.2. The fourth-order valence-corrected chi connectivity index (χ4v) is 1.38. The highest BCUT2D eigenvalue weighted by molar-refractivity contribution is 5.80. The highest BCUT2D eigenvalue weighted by atomic mass is 16.6. The number of aliphatic carboxylic acids is 1. The maximum absolute atomic E-state index is 11.4. The predicted octanol–water partition coefficient (Wildman–Crippen LogP) is 0.831. The molecule has 0 aliphatic heterocycles. The molecule has 0 aromatic rings. The van der Waals surface area contributed by atoms with Gasteiger partial charge < -0.3 is 24.4 Å². The minimum atomic E-state index is -1.66. The van der Waals surface area contributed by atoms with Crippen molar-refractivity contribution in [2.45, 2.75) is 52.4 Å². The molecule has 21 heavy (non-hydrogen) atoms. The molecule has 0 saturated carbocycles. The first-order valence-corrected chi connectivity index (χ1v) is 7.02. The average molecular weight is 306 g/mol. The van der Waals surface area contributed by atoms with Gasteiger partial charge in [-0.05, 0) is 19.8 Å². The van der Waals surface area contributed by atoms with Crippen molar-refractivity contribution in [3.8, 4) is 0 Å². The van der Waals surface area contributed by atoms with Crippen LogP contribution in [-0.2, 0) is 23.8 Å². The molecule has 7 heteroatoms. The zero-order valence-electron chi connectivity index (χ0n) is 13.1. The van der Waals surface area contributed by atoms with Crippen LogP contribution in [-0.4, -0.2) is 60.3 Å². The number of hydrogen-bond donors (Lipinski definition) is 2. The van der Waals surface area contributed by atoms with Crippen LogP contribution in [0.15, 0.2) is 0 Å². The first-order valence-electron chi connectivity index (χ1n) is 7.02. The minimum absolute atomic E-state index is 0.145. The number of carboxylic acid groups (broad SMARTS) is 1. The minimum Gasteiger partial charge on any atom is -0.481 e. The monoisotopic (exact) mass is 306 g/mol. The number of rotatable bonds is 11. The smallest absolute Gasteiger partial charge is 0.335 e. The van der Waals surface area contributed by atoms with Gasteiger partial charge in [-0.25, -0.2) is 4.79 Å². The molecule has 0 aliphatic rings. The number of carboxylic acids is 1. The summed E-state index contributed by atoms with van der Waals surface area (Å²) in [7, 11) is 0. The van der Waals surface area contributed by atoms with Gasteiger partial charge in [-0.2, -0.15) is 0 Å². The van der Waals surface area contributed by atoms with E-state index in [2.05, 4.69) is 13.8 Å². The molecule has 0 spiro atoms. The molecule has 3 unspecified atom stereocenters. The SMILES string of the molecule is CC(C)COCC(C)OCC(C)OC(=O)C(O)CC(=O)O. The van der Waals surface area contributed by atoms with Crippen LogP contribution in [0.4, 0.5) is 0 Å². The zero-order chi connectivity index (χ0) is 16.4. The normalized spacial score (nSPS) is 15.5. The van der Waals surface area contributed by atoms with Gasteiger partial charge in [0.25, 0.3) is 0 Å². The Balaban J connectivity index is 3.85. The van der Waals surface area contributed by atoms with Crippen LogP contribution < -0.4 is 0 Å². The molecule has 0 bridgehead atoms. The van der Waals surface area contributed by atoms with Crippen molar-refractivity contribution >= 4 is 11.9 Å². The van der Waals surface area contributed by atoms with Gasteiger partial charge >= 0.3 is 11.9 Å². The van der Waals surface area contributed by atoms with E-state index in [1.54, 1.807) is 6.92 Å². The summed E-state index contributed by atoms with van der Waals surface area (Å²) in [5.41, 5.74) is 0. The Hall–Kier alpha value is -1.18. The standard InChI is InChI=1S/C14H26O7/c1-9(2)6-19-7-10(3)20-8-11(4)21-14(18)12(15)5-13(16)17/h9-12,15H,5-8H2,1-4H3,(H,16,17). The van der Waals surface area contributed by atoms with Crippen molar-refractivity contribution in [3.05, 3.63) is 0 Å². The summed E-state index contributed by atoms with van der Waals surface area (Å²) in [5, 5.41) is 17.7. The molecule has 0 aromatic carbocycles. The summed E-state index contributed by atoms with van der Waals surface area (Å²) in [6, 6.07) is 0. The number of aliphatic hydroxyl groups excluding tert-OH is 1. The largest absolute Gasteiger partial charge is 0.481 e. The number of esters is 1. The van der Waals surface area contributed by atoms with Gasteiger partial charge in [0, 0.05) is 6.61 Å². The van der Waals surface area contributed by atoms with Crippen molar-refractivity contribution in [2.75, 3.05) is 19.8 Å². The van der Waals surface area contributed by atoms with Crippen molar-refractivity contribution in [2.24, 2.45) is 5.92 Å². The van der Waals surface area contributed by atoms with E-state index in [1.165, 1.54) is 0 Å². The molecule has 2 N–H and O–H groups in total. The fraction of sp³-hybridized carbons (Fsp3) is 0.857. The van der Waals surface area contributed by atoms with Gasteiger partial charge in [0.1, 0.15) is 6.10 Å². The Morgan fingerprint density at radius 2 is 1.62 bits per heavy atom. The molecule has 3 atom stereocenters. The highest BCUT2D eigenvalue weighted by Gasteiger charge is 2.22. The zero-order valence-corrected chi connectivity index (χ0v) is 13.1. The summed E-state index contributed by atoms with van der Waals surface area (Å²) in [5.74, 6) is -1.77. The van der Waals surface area contributed by atoms with E-state index in [4.69, 9.17) is 19.3 Å². The molecule has 0 fully saturated rings. The van der Waals surface area contributed by atoms with Crippen molar-refractivity contribution in [3.63, 3.8) is 0 Å². The number of aliphatic hydroxyl groups is 1. The molecular weight excluding hydrogens is 280 g/mol. The Morgan fingerprint density at radius 3 is 2.14 bits per heavy atom. The Morgan fingerprint density at radius 1 is 1.00 bits per heavy atom. The lowest BCUT2D eigenvalue weighted by molar-refractivity contribution is -0.165. The van der Waals surface area contributed by atoms with Gasteiger partial charge in [0.15, 0.2) is 6.10 Å². The predicted molar refractivity (Wildman–Crippen MR) is 74.9 cm³/mol. The Bertz CT molecular complexity index is 316. The summed E-state index contributed by atoms with van der Waals surface area (Å²) < 4.78 is 15.7. The Kier molecular flexibility index (Phi) is 9.94. The topological polar surface area (TPSA) is 102 Å². The first-order chi connectivity index (χ1) is 9.72. The molecule has 0 heterocycles. The molecule has 0 saturated heterocycles. The maximum atomic E-state index is 11.4. The summed E-state index contributed by atoms with van der Waals surface area (Å²) in [6.07, 6.45) is -3.05. The van der Waals surface area contributed by atoms with Gasteiger partial charge in [-0.15, -0.1) is 0 Å². The van der Waals surface area contributed by atoms with E-state index < -0.39 is 30.6 Å². The number of hydrogen-bond acceptors (Lipinski definition) is 6. The number of carbonyl (C=O) groups is 2. The lowest BCUT2D eigenvalue weighted by atomic mass is 10.2. The van der Waals surface area contributed by atoms with E-state index in [-0.39, 0.29) is 12.7 Å². The van der Waals surface area contributed by atoms with Crippen molar-refractivity contribution < 1.29 is 34.0 Å². The van der Waals surface area contributed by atoms with E-state index in [0.29, 0.717) is 19.1 Å². The second-order valence-corrected chi connectivity index (χ2v) is 5.44. The van der Waals surface area contributed by atoms with E-state index in [9.17, 15) is 14.7 Å². The molecule has 0 rings (SSSR count). The van der Waals surface area contributed by atoms with Gasteiger partial charge in [0.05, 0.1) is 25.7 Å². The van der Waals surface area contributed by atoms with Gasteiger partial charge in [-0.1, -0.05) is 13.8 Å². The molecular formula is C14H26O7.